The maximum atomic E-state index is 5.92. The molecule has 0 aliphatic rings. The molecular weight excluding hydrogens is 279 g/mol. The van der Waals surface area contributed by atoms with E-state index in [1.165, 1.54) is 5.56 Å². The van der Waals surface area contributed by atoms with E-state index in [0.29, 0.717) is 0 Å². The van der Waals surface area contributed by atoms with Crippen molar-refractivity contribution in [2.24, 2.45) is 5.73 Å². The molecule has 0 aliphatic carbocycles. The molecule has 2 nitrogen and oxygen atoms in total. The molecule has 0 saturated carbocycles. The van der Waals surface area contributed by atoms with E-state index in [0.717, 1.165) is 24.5 Å². The van der Waals surface area contributed by atoms with Crippen LogP contribution in [0, 0.1) is 0 Å². The fourth-order valence-electron chi connectivity index (χ4n) is 1.45. The van der Waals surface area contributed by atoms with Gasteiger partial charge >= 0.3 is 0 Å². The first-order valence-electron chi connectivity index (χ1n) is 5.26. The van der Waals surface area contributed by atoms with Gasteiger partial charge < -0.3 is 10.6 Å². The number of nitrogens with zero attached hydrogens (tertiary/aromatic N) is 1. The van der Waals surface area contributed by atoms with Crippen LogP contribution in [0.5, 0.6) is 0 Å². The van der Waals surface area contributed by atoms with E-state index < -0.39 is 0 Å². The highest BCUT2D eigenvalue weighted by molar-refractivity contribution is 6.30. The fourth-order valence-corrected chi connectivity index (χ4v) is 1.66. The molecule has 0 fully saturated rings. The van der Waals surface area contributed by atoms with Crippen molar-refractivity contribution in [1.82, 2.24) is 4.90 Å². The molecule has 0 saturated heterocycles. The van der Waals surface area contributed by atoms with Gasteiger partial charge in [0.2, 0.25) is 0 Å². The van der Waals surface area contributed by atoms with E-state index >= 15 is 0 Å². The van der Waals surface area contributed by atoms with Crippen molar-refractivity contribution >= 4 is 36.4 Å². The van der Waals surface area contributed by atoms with E-state index in [2.05, 4.69) is 18.0 Å². The van der Waals surface area contributed by atoms with Crippen LogP contribution in [0.2, 0.25) is 5.02 Å². The first-order chi connectivity index (χ1) is 7.08. The molecule has 1 aromatic carbocycles. The van der Waals surface area contributed by atoms with Gasteiger partial charge in [0.25, 0.3) is 0 Å². The van der Waals surface area contributed by atoms with E-state index in [1.807, 2.05) is 25.1 Å². The van der Waals surface area contributed by atoms with Crippen molar-refractivity contribution in [2.45, 2.75) is 25.9 Å². The zero-order valence-electron chi connectivity index (χ0n) is 10.2. The van der Waals surface area contributed by atoms with Gasteiger partial charge in [-0.15, -0.1) is 24.8 Å². The van der Waals surface area contributed by atoms with Crippen molar-refractivity contribution in [1.29, 1.82) is 0 Å². The summed E-state index contributed by atoms with van der Waals surface area (Å²) in [5, 5.41) is 0.799. The van der Waals surface area contributed by atoms with Gasteiger partial charge in [-0.05, 0) is 44.6 Å². The first kappa shape index (κ1) is 19.4. The second kappa shape index (κ2) is 9.98. The Morgan fingerprint density at radius 3 is 2.53 bits per heavy atom. The molecule has 5 heteroatoms. The Bertz CT molecular complexity index is 306. The highest BCUT2D eigenvalue weighted by Gasteiger charge is 2.02. The van der Waals surface area contributed by atoms with Crippen LogP contribution in [0.15, 0.2) is 24.3 Å². The standard InChI is InChI=1S/C12H19ClN2.2ClH/c1-10(14)6-7-15(2)9-11-4-3-5-12(13)8-11;;/h3-5,8,10H,6-7,9,14H2,1-2H3;2*1H. The summed E-state index contributed by atoms with van der Waals surface area (Å²) in [5.74, 6) is 0. The van der Waals surface area contributed by atoms with Crippen LogP contribution in [0.1, 0.15) is 18.9 Å². The molecule has 1 atom stereocenters. The van der Waals surface area contributed by atoms with Gasteiger partial charge in [-0.25, -0.2) is 0 Å². The van der Waals surface area contributed by atoms with Gasteiger partial charge in [0.1, 0.15) is 0 Å². The van der Waals surface area contributed by atoms with Crippen molar-refractivity contribution in [3.8, 4) is 0 Å². The smallest absolute Gasteiger partial charge is 0.0409 e. The molecule has 0 aromatic heterocycles. The predicted octanol–water partition coefficient (Wildman–Crippen LogP) is 3.35. The lowest BCUT2D eigenvalue weighted by Gasteiger charge is -2.17. The Balaban J connectivity index is 0. The Labute approximate surface area is 121 Å². The van der Waals surface area contributed by atoms with Gasteiger partial charge in [-0.3, -0.25) is 0 Å². The lowest BCUT2D eigenvalue weighted by molar-refractivity contribution is 0.313. The van der Waals surface area contributed by atoms with Gasteiger partial charge in [0.15, 0.2) is 0 Å². The molecular formula is C12H21Cl3N2. The molecule has 0 heterocycles. The van der Waals surface area contributed by atoms with Crippen LogP contribution in [-0.4, -0.2) is 24.5 Å². The second-order valence-corrected chi connectivity index (χ2v) is 4.57. The van der Waals surface area contributed by atoms with E-state index in [-0.39, 0.29) is 30.9 Å². The van der Waals surface area contributed by atoms with Crippen LogP contribution < -0.4 is 5.73 Å². The Morgan fingerprint density at radius 1 is 1.35 bits per heavy atom. The normalized spacial score (nSPS) is 11.6. The minimum atomic E-state index is 0. The summed E-state index contributed by atoms with van der Waals surface area (Å²) in [6.07, 6.45) is 1.02. The van der Waals surface area contributed by atoms with Crippen molar-refractivity contribution in [2.75, 3.05) is 13.6 Å². The molecule has 100 valence electrons. The summed E-state index contributed by atoms with van der Waals surface area (Å²) in [5.41, 5.74) is 6.96. The van der Waals surface area contributed by atoms with Gasteiger partial charge in [0.05, 0.1) is 0 Å². The highest BCUT2D eigenvalue weighted by atomic mass is 35.5. The monoisotopic (exact) mass is 298 g/mol. The molecule has 0 spiro atoms. The number of hydrogen-bond acceptors (Lipinski definition) is 2. The average Bonchev–Trinajstić information content (AvgIpc) is 2.15. The molecule has 1 unspecified atom stereocenters. The Kier molecular flexibility index (Phi) is 11.4. The fraction of sp³-hybridized carbons (Fsp3) is 0.500. The SMILES string of the molecule is CC(N)CCN(C)Cc1cccc(Cl)c1.Cl.Cl. The van der Waals surface area contributed by atoms with Gasteiger partial charge in [-0.2, -0.15) is 0 Å². The summed E-state index contributed by atoms with van der Waals surface area (Å²) in [4.78, 5) is 2.26. The minimum Gasteiger partial charge on any atom is -0.328 e. The number of rotatable bonds is 5. The molecule has 0 bridgehead atoms. The molecule has 17 heavy (non-hydrogen) atoms. The summed E-state index contributed by atoms with van der Waals surface area (Å²) in [7, 11) is 2.10. The number of nitrogens with two attached hydrogens (primary N) is 1. The lowest BCUT2D eigenvalue weighted by atomic mass is 10.2. The molecule has 1 aromatic rings. The third-order valence-electron chi connectivity index (χ3n) is 2.31. The third kappa shape index (κ3) is 8.70. The molecule has 0 radical (unpaired) electrons. The largest absolute Gasteiger partial charge is 0.328 e. The lowest BCUT2D eigenvalue weighted by Crippen LogP contribution is -2.25. The van der Waals surface area contributed by atoms with Gasteiger partial charge in [0, 0.05) is 17.6 Å². The highest BCUT2D eigenvalue weighted by Crippen LogP contribution is 2.12. The van der Waals surface area contributed by atoms with Crippen LogP contribution in [0.3, 0.4) is 0 Å². The van der Waals surface area contributed by atoms with Crippen molar-refractivity contribution in [3.05, 3.63) is 34.9 Å². The zero-order valence-corrected chi connectivity index (χ0v) is 12.6. The van der Waals surface area contributed by atoms with Crippen LogP contribution >= 0.6 is 36.4 Å². The first-order valence-corrected chi connectivity index (χ1v) is 5.64. The Morgan fingerprint density at radius 2 is 2.00 bits per heavy atom. The summed E-state index contributed by atoms with van der Waals surface area (Å²) in [6.45, 7) is 3.98. The third-order valence-corrected chi connectivity index (χ3v) is 2.54. The number of benzene rings is 1. The molecule has 1 rings (SSSR count). The zero-order chi connectivity index (χ0) is 11.3. The second-order valence-electron chi connectivity index (χ2n) is 4.13. The van der Waals surface area contributed by atoms with E-state index in [1.54, 1.807) is 0 Å². The van der Waals surface area contributed by atoms with Crippen molar-refractivity contribution in [3.63, 3.8) is 0 Å². The summed E-state index contributed by atoms with van der Waals surface area (Å²) in [6, 6.07) is 8.24. The van der Waals surface area contributed by atoms with Crippen LogP contribution in [0.4, 0.5) is 0 Å². The predicted molar refractivity (Wildman–Crippen MR) is 80.5 cm³/mol. The van der Waals surface area contributed by atoms with E-state index in [9.17, 15) is 0 Å². The maximum absolute atomic E-state index is 5.92. The number of hydrogen-bond donors (Lipinski definition) is 1. The topological polar surface area (TPSA) is 29.3 Å². The summed E-state index contributed by atoms with van der Waals surface area (Å²) >= 11 is 5.92. The van der Waals surface area contributed by atoms with Crippen molar-refractivity contribution < 1.29 is 0 Å². The van der Waals surface area contributed by atoms with Crippen LogP contribution in [0.25, 0.3) is 0 Å². The Hall–Kier alpha value is 0.01000. The maximum Gasteiger partial charge on any atom is 0.0409 e. The molecule has 0 amide bonds. The van der Waals surface area contributed by atoms with E-state index in [4.69, 9.17) is 17.3 Å². The van der Waals surface area contributed by atoms with Crippen LogP contribution in [-0.2, 0) is 6.54 Å². The summed E-state index contributed by atoms with van der Waals surface area (Å²) < 4.78 is 0. The molecule has 2 N–H and O–H groups in total. The quantitative estimate of drug-likeness (QED) is 0.903. The number of halogens is 3. The van der Waals surface area contributed by atoms with Gasteiger partial charge in [-0.1, -0.05) is 23.7 Å². The average molecular weight is 300 g/mol. The minimum absolute atomic E-state index is 0. The molecule has 0 aliphatic heterocycles.